The van der Waals surface area contributed by atoms with E-state index in [2.05, 4.69) is 15.3 Å². The van der Waals surface area contributed by atoms with E-state index in [1.165, 1.54) is 25.1 Å². The van der Waals surface area contributed by atoms with E-state index < -0.39 is 12.2 Å². The normalized spacial score (nSPS) is 11.4. The summed E-state index contributed by atoms with van der Waals surface area (Å²) in [4.78, 5) is 0. The smallest absolute Gasteiger partial charge is 0.299 e. The Morgan fingerprint density at radius 3 is 2.75 bits per heavy atom. The molecule has 0 fully saturated rings. The monoisotopic (exact) mass is 298 g/mol. The summed E-state index contributed by atoms with van der Waals surface area (Å²) >= 11 is 1.19. The summed E-state index contributed by atoms with van der Waals surface area (Å²) in [6.45, 7) is 0. The molecule has 0 spiro atoms. The molecule has 0 aliphatic heterocycles. The molecule has 20 heavy (non-hydrogen) atoms. The Hall–Kier alpha value is -1.96. The lowest BCUT2D eigenvalue weighted by Gasteiger charge is -2.04. The van der Waals surface area contributed by atoms with Gasteiger partial charge in [-0.25, -0.2) is 8.78 Å². The zero-order valence-corrected chi connectivity index (χ0v) is 11.6. The van der Waals surface area contributed by atoms with Crippen LogP contribution >= 0.6 is 11.8 Å². The molecule has 8 heteroatoms. The van der Waals surface area contributed by atoms with Crippen molar-refractivity contribution in [3.63, 3.8) is 0 Å². The van der Waals surface area contributed by atoms with Crippen molar-refractivity contribution < 1.29 is 13.5 Å². The van der Waals surface area contributed by atoms with Crippen LogP contribution in [-0.2, 0) is 0 Å². The number of benzene rings is 1. The first kappa shape index (κ1) is 14.4. The molecule has 1 aromatic heterocycles. The summed E-state index contributed by atoms with van der Waals surface area (Å²) in [6.07, 6.45) is 0.417. The van der Waals surface area contributed by atoms with Crippen LogP contribution in [0.4, 0.5) is 8.78 Å². The van der Waals surface area contributed by atoms with Crippen molar-refractivity contribution in [3.05, 3.63) is 35.7 Å². The minimum Gasteiger partial charge on any atom is -0.496 e. The average Bonchev–Trinajstić information content (AvgIpc) is 2.88. The Morgan fingerprint density at radius 2 is 2.10 bits per heavy atom. The van der Waals surface area contributed by atoms with Crippen LogP contribution in [0.15, 0.2) is 34.5 Å². The van der Waals surface area contributed by atoms with Gasteiger partial charge in [0.25, 0.3) is 6.43 Å². The molecule has 0 N–H and O–H groups in total. The first-order valence-corrected chi connectivity index (χ1v) is 6.84. The van der Waals surface area contributed by atoms with Crippen LogP contribution in [0, 0.1) is 0 Å². The van der Waals surface area contributed by atoms with Crippen LogP contribution < -0.4 is 4.74 Å². The second-order valence-electron chi connectivity index (χ2n) is 3.64. The number of hydrogen-bond donors (Lipinski definition) is 0. The van der Waals surface area contributed by atoms with Crippen molar-refractivity contribution in [2.24, 2.45) is 5.10 Å². The van der Waals surface area contributed by atoms with Crippen molar-refractivity contribution in [1.82, 2.24) is 14.9 Å². The van der Waals surface area contributed by atoms with Crippen molar-refractivity contribution in [2.75, 3.05) is 13.4 Å². The summed E-state index contributed by atoms with van der Waals surface area (Å²) in [5.74, 6) is 0.120. The van der Waals surface area contributed by atoms with Crippen molar-refractivity contribution in [2.45, 2.75) is 11.6 Å². The molecular weight excluding hydrogens is 286 g/mol. The lowest BCUT2D eigenvalue weighted by molar-refractivity contribution is 0.135. The maximum atomic E-state index is 12.8. The number of nitrogens with zero attached hydrogens (tertiary/aromatic N) is 4. The minimum absolute atomic E-state index is 0.298. The van der Waals surface area contributed by atoms with Gasteiger partial charge in [-0.2, -0.15) is 9.78 Å². The highest BCUT2D eigenvalue weighted by molar-refractivity contribution is 7.98. The summed E-state index contributed by atoms with van der Waals surface area (Å²) in [7, 11) is 1.53. The van der Waals surface area contributed by atoms with Crippen molar-refractivity contribution in [3.8, 4) is 5.75 Å². The first-order valence-electron chi connectivity index (χ1n) is 5.62. The highest BCUT2D eigenvalue weighted by Crippen LogP contribution is 2.22. The van der Waals surface area contributed by atoms with E-state index in [1.54, 1.807) is 24.5 Å². The standard InChI is InChI=1S/C12H12F2N4OS/c1-19-9-6-4-3-5-8(9)7-15-18-11(10(13)14)16-17-12(18)20-2/h3-7,10H,1-2H3. The summed E-state index contributed by atoms with van der Waals surface area (Å²) in [5, 5.41) is 11.4. The van der Waals surface area contributed by atoms with Gasteiger partial charge in [-0.1, -0.05) is 23.9 Å². The van der Waals surface area contributed by atoms with Crippen LogP contribution in [-0.4, -0.2) is 34.5 Å². The van der Waals surface area contributed by atoms with Gasteiger partial charge in [-0.3, -0.25) is 0 Å². The molecule has 0 bridgehead atoms. The molecule has 2 aromatic rings. The van der Waals surface area contributed by atoms with Crippen LogP contribution in [0.5, 0.6) is 5.75 Å². The zero-order valence-electron chi connectivity index (χ0n) is 10.8. The number of aromatic nitrogens is 3. The third-order valence-electron chi connectivity index (χ3n) is 2.47. The van der Waals surface area contributed by atoms with E-state index >= 15 is 0 Å². The predicted molar refractivity (Wildman–Crippen MR) is 72.7 cm³/mol. The number of alkyl halides is 2. The van der Waals surface area contributed by atoms with Crippen LogP contribution in [0.3, 0.4) is 0 Å². The molecule has 0 radical (unpaired) electrons. The molecule has 2 rings (SSSR count). The summed E-state index contributed by atoms with van der Waals surface area (Å²) in [5.41, 5.74) is 0.677. The SMILES string of the molecule is COc1ccccc1C=Nn1c(SC)nnc1C(F)F. The van der Waals surface area contributed by atoms with Crippen molar-refractivity contribution in [1.29, 1.82) is 0 Å². The van der Waals surface area contributed by atoms with Crippen LogP contribution in [0.25, 0.3) is 0 Å². The average molecular weight is 298 g/mol. The number of thioether (sulfide) groups is 1. The maximum absolute atomic E-state index is 12.8. The third-order valence-corrected chi connectivity index (χ3v) is 3.08. The molecule has 0 unspecified atom stereocenters. The molecule has 0 saturated carbocycles. The summed E-state index contributed by atoms with van der Waals surface area (Å²) in [6, 6.07) is 7.15. The van der Waals surface area contributed by atoms with Crippen LogP contribution in [0.2, 0.25) is 0 Å². The van der Waals surface area contributed by atoms with Gasteiger partial charge >= 0.3 is 0 Å². The van der Waals surface area contributed by atoms with Gasteiger partial charge in [0.15, 0.2) is 0 Å². The predicted octanol–water partition coefficient (Wildman–Crippen LogP) is 2.83. The molecule has 1 aromatic carbocycles. The molecule has 0 amide bonds. The van der Waals surface area contributed by atoms with Crippen LogP contribution in [0.1, 0.15) is 17.8 Å². The number of rotatable bonds is 5. The van der Waals surface area contributed by atoms with E-state index in [0.29, 0.717) is 16.5 Å². The minimum atomic E-state index is -2.74. The molecular formula is C12H12F2N4OS. The number of hydrogen-bond acceptors (Lipinski definition) is 5. The number of para-hydroxylation sites is 1. The molecule has 0 aliphatic rings. The second kappa shape index (κ2) is 6.47. The van der Waals surface area contributed by atoms with Gasteiger partial charge in [0.1, 0.15) is 5.75 Å². The van der Waals surface area contributed by atoms with Crippen molar-refractivity contribution >= 4 is 18.0 Å². The highest BCUT2D eigenvalue weighted by Gasteiger charge is 2.19. The quantitative estimate of drug-likeness (QED) is 0.629. The number of methoxy groups -OCH3 is 1. The molecule has 1 heterocycles. The van der Waals surface area contributed by atoms with Gasteiger partial charge in [0.2, 0.25) is 11.0 Å². The Kier molecular flexibility index (Phi) is 4.67. The Morgan fingerprint density at radius 1 is 1.35 bits per heavy atom. The fraction of sp³-hybridized carbons (Fsp3) is 0.250. The fourth-order valence-corrected chi connectivity index (χ4v) is 1.98. The topological polar surface area (TPSA) is 52.3 Å². The molecule has 106 valence electrons. The molecule has 0 aliphatic carbocycles. The second-order valence-corrected chi connectivity index (χ2v) is 4.42. The Labute approximate surface area is 118 Å². The van der Waals surface area contributed by atoms with Gasteiger partial charge in [0.05, 0.1) is 13.3 Å². The lowest BCUT2D eigenvalue weighted by Crippen LogP contribution is -2.01. The van der Waals surface area contributed by atoms with E-state index in [4.69, 9.17) is 4.74 Å². The third kappa shape index (κ3) is 2.96. The van der Waals surface area contributed by atoms with Gasteiger partial charge in [-0.05, 0) is 18.4 Å². The zero-order chi connectivity index (χ0) is 14.5. The number of halogens is 2. The Balaban J connectivity index is 2.38. The Bertz CT molecular complexity index is 615. The molecule has 0 atom stereocenters. The summed E-state index contributed by atoms with van der Waals surface area (Å²) < 4.78 is 31.8. The van der Waals surface area contributed by atoms with E-state index in [-0.39, 0.29) is 0 Å². The van der Waals surface area contributed by atoms with Gasteiger partial charge < -0.3 is 4.74 Å². The number of ether oxygens (including phenoxy) is 1. The molecule has 5 nitrogen and oxygen atoms in total. The fourth-order valence-electron chi connectivity index (χ4n) is 1.54. The highest BCUT2D eigenvalue weighted by atomic mass is 32.2. The molecule has 0 saturated heterocycles. The van der Waals surface area contributed by atoms with Gasteiger partial charge in [-0.15, -0.1) is 10.2 Å². The first-order chi connectivity index (χ1) is 9.67. The van der Waals surface area contributed by atoms with E-state index in [1.807, 2.05) is 6.07 Å². The maximum Gasteiger partial charge on any atom is 0.299 e. The van der Waals surface area contributed by atoms with E-state index in [9.17, 15) is 8.78 Å². The largest absolute Gasteiger partial charge is 0.496 e. The van der Waals surface area contributed by atoms with Gasteiger partial charge in [0, 0.05) is 5.56 Å². The lowest BCUT2D eigenvalue weighted by atomic mass is 10.2. The van der Waals surface area contributed by atoms with E-state index in [0.717, 1.165) is 4.68 Å².